The molecule has 1 aliphatic heterocycles. The molecule has 0 bridgehead atoms. The second kappa shape index (κ2) is 7.58. The lowest BCUT2D eigenvalue weighted by atomic mass is 10.1. The fourth-order valence-electron chi connectivity index (χ4n) is 3.55. The highest BCUT2D eigenvalue weighted by Crippen LogP contribution is 2.22. The highest BCUT2D eigenvalue weighted by atomic mass is 16.2. The summed E-state index contributed by atoms with van der Waals surface area (Å²) < 4.78 is 1.81. The van der Waals surface area contributed by atoms with Crippen LogP contribution in [0.3, 0.4) is 0 Å². The lowest BCUT2D eigenvalue weighted by Gasteiger charge is -2.35. The van der Waals surface area contributed by atoms with Gasteiger partial charge in [0, 0.05) is 43.9 Å². The van der Waals surface area contributed by atoms with Crippen LogP contribution in [0.4, 0.5) is 5.95 Å². The number of hydrogen-bond donors (Lipinski definition) is 0. The lowest BCUT2D eigenvalue weighted by molar-refractivity contribution is -0.135. The minimum atomic E-state index is 0.0842. The number of fused-ring (bicyclic) bond motifs is 1. The highest BCUT2D eigenvalue weighted by Gasteiger charge is 2.26. The maximum atomic E-state index is 12.4. The summed E-state index contributed by atoms with van der Waals surface area (Å²) in [5, 5.41) is 4.73. The third kappa shape index (κ3) is 3.44. The molecule has 1 saturated heterocycles. The Morgan fingerprint density at radius 2 is 1.96 bits per heavy atom. The summed E-state index contributed by atoms with van der Waals surface area (Å²) in [5.74, 6) is 1.59. The molecule has 7 nitrogen and oxygen atoms in total. The number of hydrogen-bond acceptors (Lipinski definition) is 5. The molecule has 3 heterocycles. The van der Waals surface area contributed by atoms with E-state index in [-0.39, 0.29) is 11.8 Å². The minimum Gasteiger partial charge on any atom is -0.339 e. The van der Waals surface area contributed by atoms with E-state index in [0.717, 1.165) is 30.8 Å². The van der Waals surface area contributed by atoms with E-state index in [0.29, 0.717) is 24.8 Å². The molecule has 4 rings (SSSR count). The van der Waals surface area contributed by atoms with Crippen LogP contribution in [0, 0.1) is 12.8 Å². The van der Waals surface area contributed by atoms with Crippen LogP contribution in [-0.4, -0.2) is 56.6 Å². The predicted octanol–water partition coefficient (Wildman–Crippen LogP) is 2.79. The Balaban J connectivity index is 1.56. The van der Waals surface area contributed by atoms with Crippen molar-refractivity contribution in [2.24, 2.45) is 5.92 Å². The maximum absolute atomic E-state index is 12.4. The molecule has 1 aromatic carbocycles. The molecule has 0 aliphatic carbocycles. The molecule has 0 spiro atoms. The van der Waals surface area contributed by atoms with E-state index in [4.69, 9.17) is 5.10 Å². The summed E-state index contributed by atoms with van der Waals surface area (Å²) in [5.41, 5.74) is 3.26. The third-order valence-corrected chi connectivity index (χ3v) is 5.45. The number of anilines is 1. The van der Waals surface area contributed by atoms with Crippen LogP contribution in [0.1, 0.15) is 25.8 Å². The predicted molar refractivity (Wildman–Crippen MR) is 109 cm³/mol. The molecule has 1 fully saturated rings. The van der Waals surface area contributed by atoms with Crippen molar-refractivity contribution in [1.82, 2.24) is 24.5 Å². The summed E-state index contributed by atoms with van der Waals surface area (Å²) >= 11 is 0. The highest BCUT2D eigenvalue weighted by molar-refractivity contribution is 5.78. The van der Waals surface area contributed by atoms with Crippen LogP contribution in [0.5, 0.6) is 0 Å². The van der Waals surface area contributed by atoms with Gasteiger partial charge in [-0.2, -0.15) is 9.50 Å². The van der Waals surface area contributed by atoms with Gasteiger partial charge in [0.25, 0.3) is 5.78 Å². The van der Waals surface area contributed by atoms with Gasteiger partial charge in [-0.15, -0.1) is 5.10 Å². The summed E-state index contributed by atoms with van der Waals surface area (Å²) in [6.45, 7) is 9.01. The van der Waals surface area contributed by atoms with Gasteiger partial charge in [0.2, 0.25) is 11.9 Å². The van der Waals surface area contributed by atoms with Gasteiger partial charge >= 0.3 is 0 Å². The molecule has 28 heavy (non-hydrogen) atoms. The summed E-state index contributed by atoms with van der Waals surface area (Å²) in [4.78, 5) is 25.5. The molecule has 1 amide bonds. The average Bonchev–Trinajstić information content (AvgIpc) is 3.17. The van der Waals surface area contributed by atoms with Crippen molar-refractivity contribution in [3.8, 4) is 11.3 Å². The molecular formula is C21H26N6O. The number of rotatable bonds is 4. The van der Waals surface area contributed by atoms with Gasteiger partial charge in [-0.1, -0.05) is 37.6 Å². The van der Waals surface area contributed by atoms with Crippen molar-refractivity contribution in [3.63, 3.8) is 0 Å². The SMILES string of the molecule is CC[C@H](C)C(=O)N1CCN(c2nc3nccc(-c4cccc(C)c4)n3n2)CC1. The van der Waals surface area contributed by atoms with Gasteiger partial charge in [-0.25, -0.2) is 4.98 Å². The molecule has 3 aromatic rings. The first-order valence-electron chi connectivity index (χ1n) is 9.89. The molecule has 146 valence electrons. The lowest BCUT2D eigenvalue weighted by Crippen LogP contribution is -2.50. The topological polar surface area (TPSA) is 66.6 Å². The molecule has 1 atom stereocenters. The zero-order valence-corrected chi connectivity index (χ0v) is 16.7. The van der Waals surface area contributed by atoms with E-state index in [1.165, 1.54) is 5.56 Å². The van der Waals surface area contributed by atoms with Gasteiger partial charge in [-0.05, 0) is 25.5 Å². The fraction of sp³-hybridized carbons (Fsp3) is 0.429. The summed E-state index contributed by atoms with van der Waals surface area (Å²) in [6.07, 6.45) is 2.65. The van der Waals surface area contributed by atoms with E-state index < -0.39 is 0 Å². The fourth-order valence-corrected chi connectivity index (χ4v) is 3.55. The number of piperazine rings is 1. The Kier molecular flexibility index (Phi) is 4.98. The molecule has 2 aromatic heterocycles. The van der Waals surface area contributed by atoms with Crippen LogP contribution < -0.4 is 4.90 Å². The Hall–Kier alpha value is -2.96. The van der Waals surface area contributed by atoms with Gasteiger partial charge < -0.3 is 9.80 Å². The zero-order valence-electron chi connectivity index (χ0n) is 16.7. The third-order valence-electron chi connectivity index (χ3n) is 5.45. The molecule has 1 aliphatic rings. The Morgan fingerprint density at radius 3 is 2.68 bits per heavy atom. The number of aryl methyl sites for hydroxylation is 1. The van der Waals surface area contributed by atoms with Crippen molar-refractivity contribution >= 4 is 17.6 Å². The van der Waals surface area contributed by atoms with E-state index in [1.807, 2.05) is 24.0 Å². The van der Waals surface area contributed by atoms with Crippen LogP contribution in [0.25, 0.3) is 17.0 Å². The Morgan fingerprint density at radius 1 is 1.18 bits per heavy atom. The molecule has 0 N–H and O–H groups in total. The van der Waals surface area contributed by atoms with Crippen LogP contribution in [0.2, 0.25) is 0 Å². The van der Waals surface area contributed by atoms with Crippen molar-refractivity contribution in [2.75, 3.05) is 31.1 Å². The van der Waals surface area contributed by atoms with Crippen molar-refractivity contribution in [1.29, 1.82) is 0 Å². The smallest absolute Gasteiger partial charge is 0.254 e. The zero-order chi connectivity index (χ0) is 19.7. The molecule has 0 unspecified atom stereocenters. The summed E-state index contributed by atoms with van der Waals surface area (Å²) in [7, 11) is 0. The average molecular weight is 378 g/mol. The standard InChI is InChI=1S/C21H26N6O/c1-4-16(3)19(28)25-10-12-26(13-11-25)21-23-20-22-9-8-18(27(20)24-21)17-7-5-6-15(2)14-17/h5-9,14,16H,4,10-13H2,1-3H3/t16-/m0/s1. The second-order valence-electron chi connectivity index (χ2n) is 7.44. The van der Waals surface area contributed by atoms with Crippen LogP contribution >= 0.6 is 0 Å². The first-order chi connectivity index (χ1) is 13.6. The van der Waals surface area contributed by atoms with E-state index >= 15 is 0 Å². The Labute approximate surface area is 165 Å². The molecular weight excluding hydrogens is 352 g/mol. The number of benzene rings is 1. The van der Waals surface area contributed by atoms with Crippen molar-refractivity contribution < 1.29 is 4.79 Å². The van der Waals surface area contributed by atoms with E-state index in [9.17, 15) is 4.79 Å². The monoisotopic (exact) mass is 378 g/mol. The van der Waals surface area contributed by atoms with Gasteiger partial charge in [-0.3, -0.25) is 4.79 Å². The van der Waals surface area contributed by atoms with Crippen molar-refractivity contribution in [2.45, 2.75) is 27.2 Å². The first kappa shape index (κ1) is 18.4. The van der Waals surface area contributed by atoms with Gasteiger partial charge in [0.1, 0.15) is 0 Å². The normalized spacial score (nSPS) is 15.8. The molecule has 0 saturated carbocycles. The van der Waals surface area contributed by atoms with Gasteiger partial charge in [0.05, 0.1) is 5.69 Å². The van der Waals surface area contributed by atoms with Crippen LogP contribution in [0.15, 0.2) is 36.5 Å². The van der Waals surface area contributed by atoms with Gasteiger partial charge in [0.15, 0.2) is 0 Å². The minimum absolute atomic E-state index is 0.0842. The van der Waals surface area contributed by atoms with Crippen molar-refractivity contribution in [3.05, 3.63) is 42.1 Å². The number of aromatic nitrogens is 4. The summed E-state index contributed by atoms with van der Waals surface area (Å²) in [6, 6.07) is 10.3. The second-order valence-corrected chi connectivity index (χ2v) is 7.44. The number of amides is 1. The molecule has 7 heteroatoms. The molecule has 0 radical (unpaired) electrons. The number of carbonyl (C=O) groups is 1. The Bertz CT molecular complexity index is 989. The largest absolute Gasteiger partial charge is 0.339 e. The number of carbonyl (C=O) groups excluding carboxylic acids is 1. The maximum Gasteiger partial charge on any atom is 0.254 e. The quantitative estimate of drug-likeness (QED) is 0.698. The number of nitrogens with zero attached hydrogens (tertiary/aromatic N) is 6. The first-order valence-corrected chi connectivity index (χ1v) is 9.89. The van der Waals surface area contributed by atoms with E-state index in [2.05, 4.69) is 46.9 Å². The van der Waals surface area contributed by atoms with Crippen LogP contribution in [-0.2, 0) is 4.79 Å². The van der Waals surface area contributed by atoms with E-state index in [1.54, 1.807) is 10.7 Å².